The van der Waals surface area contributed by atoms with Gasteiger partial charge in [0.15, 0.2) is 0 Å². The summed E-state index contributed by atoms with van der Waals surface area (Å²) in [5, 5.41) is 0.674. The molecule has 1 rings (SSSR count). The Morgan fingerprint density at radius 2 is 2.00 bits per heavy atom. The Labute approximate surface area is 109 Å². The van der Waals surface area contributed by atoms with E-state index in [4.69, 9.17) is 27.9 Å². The SMILES string of the molecule is ClCCCCCOc1ccc(Br)c(Cl)c1. The standard InChI is InChI=1S/C11H13BrCl2O/c12-10-5-4-9(8-11(10)14)15-7-3-1-2-6-13/h4-5,8H,1-3,6-7H2. The highest BCUT2D eigenvalue weighted by atomic mass is 79.9. The van der Waals surface area contributed by atoms with Gasteiger partial charge in [0.1, 0.15) is 5.75 Å². The monoisotopic (exact) mass is 310 g/mol. The molecule has 0 aliphatic heterocycles. The van der Waals surface area contributed by atoms with Crippen LogP contribution in [0.1, 0.15) is 19.3 Å². The van der Waals surface area contributed by atoms with Gasteiger partial charge in [-0.1, -0.05) is 11.6 Å². The van der Waals surface area contributed by atoms with E-state index < -0.39 is 0 Å². The third-order valence-electron chi connectivity index (χ3n) is 1.94. The quantitative estimate of drug-likeness (QED) is 0.537. The molecule has 0 fully saturated rings. The van der Waals surface area contributed by atoms with Gasteiger partial charge in [-0.05, 0) is 53.4 Å². The average Bonchev–Trinajstić information content (AvgIpc) is 2.23. The highest BCUT2D eigenvalue weighted by molar-refractivity contribution is 9.10. The lowest BCUT2D eigenvalue weighted by Crippen LogP contribution is -1.97. The maximum absolute atomic E-state index is 5.93. The summed E-state index contributed by atoms with van der Waals surface area (Å²) in [4.78, 5) is 0. The molecule has 84 valence electrons. The Morgan fingerprint density at radius 1 is 1.20 bits per heavy atom. The Balaban J connectivity index is 2.28. The Kier molecular flexibility index (Phi) is 6.46. The molecule has 0 bridgehead atoms. The number of benzene rings is 1. The van der Waals surface area contributed by atoms with Crippen molar-refractivity contribution < 1.29 is 4.74 Å². The first-order valence-electron chi connectivity index (χ1n) is 4.88. The van der Waals surface area contributed by atoms with E-state index >= 15 is 0 Å². The van der Waals surface area contributed by atoms with Crippen molar-refractivity contribution in [1.29, 1.82) is 0 Å². The number of halogens is 3. The van der Waals surface area contributed by atoms with Gasteiger partial charge in [-0.2, -0.15) is 0 Å². The summed E-state index contributed by atoms with van der Waals surface area (Å²) in [6.45, 7) is 0.717. The van der Waals surface area contributed by atoms with Crippen LogP contribution in [-0.2, 0) is 0 Å². The van der Waals surface area contributed by atoms with Gasteiger partial charge >= 0.3 is 0 Å². The molecule has 0 unspecified atom stereocenters. The van der Waals surface area contributed by atoms with Crippen molar-refractivity contribution in [3.63, 3.8) is 0 Å². The summed E-state index contributed by atoms with van der Waals surface area (Å²) in [6.07, 6.45) is 3.18. The molecule has 15 heavy (non-hydrogen) atoms. The van der Waals surface area contributed by atoms with Crippen molar-refractivity contribution in [2.24, 2.45) is 0 Å². The Bertz CT molecular complexity index is 305. The number of unbranched alkanes of at least 4 members (excludes halogenated alkanes) is 2. The van der Waals surface area contributed by atoms with Gasteiger partial charge in [0.2, 0.25) is 0 Å². The van der Waals surface area contributed by atoms with Gasteiger partial charge in [-0.3, -0.25) is 0 Å². The third-order valence-corrected chi connectivity index (χ3v) is 3.44. The van der Waals surface area contributed by atoms with Crippen LogP contribution in [0, 0.1) is 0 Å². The van der Waals surface area contributed by atoms with Crippen LogP contribution < -0.4 is 4.74 Å². The predicted molar refractivity (Wildman–Crippen MR) is 69.2 cm³/mol. The van der Waals surface area contributed by atoms with E-state index in [-0.39, 0.29) is 0 Å². The number of hydrogen-bond donors (Lipinski definition) is 0. The van der Waals surface area contributed by atoms with Crippen LogP contribution in [-0.4, -0.2) is 12.5 Å². The van der Waals surface area contributed by atoms with Gasteiger partial charge in [-0.25, -0.2) is 0 Å². The maximum Gasteiger partial charge on any atom is 0.120 e. The summed E-state index contributed by atoms with van der Waals surface area (Å²) >= 11 is 14.8. The lowest BCUT2D eigenvalue weighted by atomic mass is 10.3. The second kappa shape index (κ2) is 7.37. The fraction of sp³-hybridized carbons (Fsp3) is 0.455. The van der Waals surface area contributed by atoms with Gasteiger partial charge in [-0.15, -0.1) is 11.6 Å². The van der Waals surface area contributed by atoms with Crippen molar-refractivity contribution in [1.82, 2.24) is 0 Å². The van der Waals surface area contributed by atoms with Gasteiger partial charge in [0.05, 0.1) is 11.6 Å². The topological polar surface area (TPSA) is 9.23 Å². The second-order valence-corrected chi connectivity index (χ2v) is 4.81. The number of hydrogen-bond acceptors (Lipinski definition) is 1. The minimum Gasteiger partial charge on any atom is -0.494 e. The van der Waals surface area contributed by atoms with Gasteiger partial charge in [0, 0.05) is 10.4 Å². The fourth-order valence-electron chi connectivity index (χ4n) is 1.13. The smallest absolute Gasteiger partial charge is 0.120 e. The molecule has 0 saturated carbocycles. The van der Waals surface area contributed by atoms with Crippen LogP contribution in [0.5, 0.6) is 5.75 Å². The zero-order valence-electron chi connectivity index (χ0n) is 8.31. The van der Waals surface area contributed by atoms with Crippen molar-refractivity contribution in [2.75, 3.05) is 12.5 Å². The normalized spacial score (nSPS) is 10.3. The highest BCUT2D eigenvalue weighted by Gasteiger charge is 1.99. The molecule has 0 N–H and O–H groups in total. The maximum atomic E-state index is 5.93. The van der Waals surface area contributed by atoms with Crippen LogP contribution in [0.15, 0.2) is 22.7 Å². The van der Waals surface area contributed by atoms with E-state index in [2.05, 4.69) is 15.9 Å². The minimum absolute atomic E-state index is 0.674. The summed E-state index contributed by atoms with van der Waals surface area (Å²) in [6, 6.07) is 5.60. The van der Waals surface area contributed by atoms with Crippen molar-refractivity contribution >= 4 is 39.1 Å². The second-order valence-electron chi connectivity index (χ2n) is 3.17. The molecule has 1 aromatic rings. The highest BCUT2D eigenvalue weighted by Crippen LogP contribution is 2.26. The molecule has 0 heterocycles. The molecule has 0 atom stereocenters. The summed E-state index contributed by atoms with van der Waals surface area (Å²) < 4.78 is 6.43. The fourth-order valence-corrected chi connectivity index (χ4v) is 1.74. The molecule has 4 heteroatoms. The molecule has 0 aliphatic carbocycles. The molecule has 0 aromatic heterocycles. The van der Waals surface area contributed by atoms with Crippen LogP contribution >= 0.6 is 39.1 Å². The van der Waals surface area contributed by atoms with E-state index in [0.29, 0.717) is 5.02 Å². The van der Waals surface area contributed by atoms with Crippen molar-refractivity contribution in [3.05, 3.63) is 27.7 Å². The predicted octanol–water partition coefficient (Wildman–Crippen LogP) is 4.89. The minimum atomic E-state index is 0.674. The van der Waals surface area contributed by atoms with Gasteiger partial charge < -0.3 is 4.74 Å². The molecule has 1 nitrogen and oxygen atoms in total. The van der Waals surface area contributed by atoms with E-state index in [9.17, 15) is 0 Å². The first-order valence-corrected chi connectivity index (χ1v) is 6.58. The number of alkyl halides is 1. The summed E-state index contributed by atoms with van der Waals surface area (Å²) in [5.41, 5.74) is 0. The third kappa shape index (κ3) is 5.10. The Morgan fingerprint density at radius 3 is 2.67 bits per heavy atom. The first kappa shape index (κ1) is 13.1. The van der Waals surface area contributed by atoms with E-state index in [1.807, 2.05) is 18.2 Å². The number of ether oxygens (including phenoxy) is 1. The molecule has 0 spiro atoms. The average molecular weight is 312 g/mol. The first-order chi connectivity index (χ1) is 7.24. The lowest BCUT2D eigenvalue weighted by molar-refractivity contribution is 0.306. The molecule has 0 saturated heterocycles. The summed E-state index contributed by atoms with van der Waals surface area (Å²) in [5.74, 6) is 1.54. The lowest BCUT2D eigenvalue weighted by Gasteiger charge is -2.06. The Hall–Kier alpha value is 0.0800. The number of rotatable bonds is 6. The molecule has 0 amide bonds. The molecular weight excluding hydrogens is 299 g/mol. The van der Waals surface area contributed by atoms with Crippen LogP contribution in [0.3, 0.4) is 0 Å². The van der Waals surface area contributed by atoms with Crippen molar-refractivity contribution in [3.8, 4) is 5.75 Å². The van der Waals surface area contributed by atoms with E-state index in [1.165, 1.54) is 0 Å². The largest absolute Gasteiger partial charge is 0.494 e. The molecular formula is C11H13BrCl2O. The zero-order valence-corrected chi connectivity index (χ0v) is 11.4. The van der Waals surface area contributed by atoms with Crippen molar-refractivity contribution in [2.45, 2.75) is 19.3 Å². The van der Waals surface area contributed by atoms with Crippen LogP contribution in [0.2, 0.25) is 5.02 Å². The summed E-state index contributed by atoms with van der Waals surface area (Å²) in [7, 11) is 0. The van der Waals surface area contributed by atoms with Gasteiger partial charge in [0.25, 0.3) is 0 Å². The van der Waals surface area contributed by atoms with Crippen LogP contribution in [0.4, 0.5) is 0 Å². The molecule has 0 aliphatic rings. The zero-order chi connectivity index (χ0) is 11.1. The van der Waals surface area contributed by atoms with Crippen LogP contribution in [0.25, 0.3) is 0 Å². The molecule has 1 aromatic carbocycles. The van der Waals surface area contributed by atoms with E-state index in [1.54, 1.807) is 0 Å². The molecule has 0 radical (unpaired) electrons. The van der Waals surface area contributed by atoms with E-state index in [0.717, 1.165) is 42.0 Å².